The van der Waals surface area contributed by atoms with Gasteiger partial charge in [0, 0.05) is 37.1 Å². The van der Waals surface area contributed by atoms with Crippen molar-refractivity contribution in [2.24, 2.45) is 5.73 Å². The molecule has 1 fully saturated rings. The zero-order chi connectivity index (χ0) is 13.9. The molecule has 1 heterocycles. The molecule has 4 nitrogen and oxygen atoms in total. The highest BCUT2D eigenvalue weighted by Gasteiger charge is 2.28. The highest BCUT2D eigenvalue weighted by Crippen LogP contribution is 2.29. The molecule has 0 unspecified atom stereocenters. The van der Waals surface area contributed by atoms with Crippen LogP contribution in [0.15, 0.2) is 36.5 Å². The third-order valence-electron chi connectivity index (χ3n) is 3.84. The number of fused-ring (bicyclic) bond motifs is 1. The summed E-state index contributed by atoms with van der Waals surface area (Å²) in [6, 6.07) is 11.0. The molecular formula is C16H20N4. The van der Waals surface area contributed by atoms with Gasteiger partial charge in [-0.05, 0) is 30.5 Å². The summed E-state index contributed by atoms with van der Waals surface area (Å²) in [4.78, 5) is 6.86. The summed E-state index contributed by atoms with van der Waals surface area (Å²) in [5.41, 5.74) is 7.85. The van der Waals surface area contributed by atoms with Crippen molar-refractivity contribution in [3.63, 3.8) is 0 Å². The fourth-order valence-electron chi connectivity index (χ4n) is 2.61. The normalized spacial score (nSPS) is 14.8. The van der Waals surface area contributed by atoms with Gasteiger partial charge in [0.1, 0.15) is 0 Å². The fraction of sp³-hybridized carbons (Fsp3) is 0.375. The number of pyridine rings is 1. The number of aromatic nitrogens is 1. The lowest BCUT2D eigenvalue weighted by Gasteiger charge is -2.22. The van der Waals surface area contributed by atoms with Crippen molar-refractivity contribution in [1.82, 2.24) is 9.88 Å². The molecule has 0 spiro atoms. The number of hydrogen-bond donors (Lipinski definition) is 2. The maximum Gasteiger partial charge on any atom is 0.0918 e. The van der Waals surface area contributed by atoms with Gasteiger partial charge in [-0.2, -0.15) is 0 Å². The van der Waals surface area contributed by atoms with E-state index in [-0.39, 0.29) is 5.84 Å². The van der Waals surface area contributed by atoms with Gasteiger partial charge in [-0.3, -0.25) is 15.3 Å². The smallest absolute Gasteiger partial charge is 0.0918 e. The Morgan fingerprint density at radius 3 is 2.85 bits per heavy atom. The number of nitrogens with two attached hydrogens (primary N) is 1. The van der Waals surface area contributed by atoms with E-state index in [0.717, 1.165) is 18.6 Å². The van der Waals surface area contributed by atoms with Crippen molar-refractivity contribution >= 4 is 16.7 Å². The highest BCUT2D eigenvalue weighted by atomic mass is 15.2. The van der Waals surface area contributed by atoms with Crippen molar-refractivity contribution in [2.45, 2.75) is 31.8 Å². The molecule has 0 amide bonds. The second-order valence-corrected chi connectivity index (χ2v) is 5.46. The first-order valence-electron chi connectivity index (χ1n) is 7.13. The van der Waals surface area contributed by atoms with E-state index in [2.05, 4.69) is 34.1 Å². The largest absolute Gasteiger partial charge is 0.388 e. The number of hydrogen-bond acceptors (Lipinski definition) is 3. The summed E-state index contributed by atoms with van der Waals surface area (Å²) in [6.07, 6.45) is 5.06. The van der Waals surface area contributed by atoms with Crippen molar-refractivity contribution in [2.75, 3.05) is 6.54 Å². The van der Waals surface area contributed by atoms with Crippen LogP contribution in [0.2, 0.25) is 0 Å². The molecule has 2 aromatic rings. The van der Waals surface area contributed by atoms with Crippen LogP contribution in [-0.4, -0.2) is 28.3 Å². The Morgan fingerprint density at radius 2 is 2.10 bits per heavy atom. The topological polar surface area (TPSA) is 66.0 Å². The molecule has 3 rings (SSSR count). The quantitative estimate of drug-likeness (QED) is 0.625. The van der Waals surface area contributed by atoms with E-state index in [9.17, 15) is 0 Å². The summed E-state index contributed by atoms with van der Waals surface area (Å²) in [6.45, 7) is 1.79. The number of rotatable bonds is 6. The maximum absolute atomic E-state index is 7.40. The first kappa shape index (κ1) is 13.1. The lowest BCUT2D eigenvalue weighted by atomic mass is 10.1. The number of para-hydroxylation sites is 1. The molecule has 0 saturated heterocycles. The van der Waals surface area contributed by atoms with Crippen molar-refractivity contribution in [3.05, 3.63) is 42.1 Å². The standard InChI is InChI=1S/C16H20N4/c17-16(18)8-10-20(13-5-6-13)11-12-7-9-19-15-4-2-1-3-14(12)15/h1-4,7,9,13H,5-6,8,10-11H2,(H3,17,18). The molecule has 0 aliphatic heterocycles. The van der Waals surface area contributed by atoms with Crippen LogP contribution in [-0.2, 0) is 6.54 Å². The minimum absolute atomic E-state index is 0.273. The Hall–Kier alpha value is -1.94. The minimum atomic E-state index is 0.273. The molecule has 3 N–H and O–H groups in total. The molecule has 0 atom stereocenters. The molecule has 1 saturated carbocycles. The average Bonchev–Trinajstić information content (AvgIpc) is 3.28. The lowest BCUT2D eigenvalue weighted by Crippen LogP contribution is -2.29. The fourth-order valence-corrected chi connectivity index (χ4v) is 2.61. The van der Waals surface area contributed by atoms with E-state index in [1.54, 1.807) is 0 Å². The predicted octanol–water partition coefficient (Wildman–Crippen LogP) is 2.53. The Morgan fingerprint density at radius 1 is 1.30 bits per heavy atom. The van der Waals surface area contributed by atoms with E-state index in [1.165, 1.54) is 23.8 Å². The van der Waals surface area contributed by atoms with Gasteiger partial charge in [0.15, 0.2) is 0 Å². The van der Waals surface area contributed by atoms with Crippen molar-refractivity contribution in [3.8, 4) is 0 Å². The summed E-state index contributed by atoms with van der Waals surface area (Å²) in [5, 5.41) is 8.63. The Balaban J connectivity index is 1.81. The summed E-state index contributed by atoms with van der Waals surface area (Å²) >= 11 is 0. The van der Waals surface area contributed by atoms with Gasteiger partial charge in [-0.15, -0.1) is 0 Å². The van der Waals surface area contributed by atoms with Crippen LogP contribution in [0.1, 0.15) is 24.8 Å². The lowest BCUT2D eigenvalue weighted by molar-refractivity contribution is 0.263. The number of nitrogens with zero attached hydrogens (tertiary/aromatic N) is 2. The summed E-state index contributed by atoms with van der Waals surface area (Å²) in [5.74, 6) is 0.273. The minimum Gasteiger partial charge on any atom is -0.388 e. The SMILES string of the molecule is N=C(N)CCN(Cc1ccnc2ccccc12)C1CC1. The average molecular weight is 268 g/mol. The first-order chi connectivity index (χ1) is 9.74. The highest BCUT2D eigenvalue weighted by molar-refractivity contribution is 5.81. The molecule has 4 heteroatoms. The maximum atomic E-state index is 7.40. The van der Waals surface area contributed by atoms with E-state index in [0.29, 0.717) is 12.5 Å². The zero-order valence-corrected chi connectivity index (χ0v) is 11.5. The van der Waals surface area contributed by atoms with Gasteiger partial charge >= 0.3 is 0 Å². The number of nitrogens with one attached hydrogen (secondary N) is 1. The molecular weight excluding hydrogens is 248 g/mol. The first-order valence-corrected chi connectivity index (χ1v) is 7.13. The Bertz CT molecular complexity index is 613. The third kappa shape index (κ3) is 2.96. The molecule has 0 radical (unpaired) electrons. The van der Waals surface area contributed by atoms with Crippen LogP contribution in [0.5, 0.6) is 0 Å². The van der Waals surface area contributed by atoms with Gasteiger partial charge in [-0.1, -0.05) is 18.2 Å². The molecule has 0 bridgehead atoms. The van der Waals surface area contributed by atoms with Crippen LogP contribution >= 0.6 is 0 Å². The molecule has 1 aromatic heterocycles. The summed E-state index contributed by atoms with van der Waals surface area (Å²) < 4.78 is 0. The van der Waals surface area contributed by atoms with Gasteiger partial charge in [0.25, 0.3) is 0 Å². The van der Waals surface area contributed by atoms with Crippen LogP contribution < -0.4 is 5.73 Å². The third-order valence-corrected chi connectivity index (χ3v) is 3.84. The van der Waals surface area contributed by atoms with Gasteiger partial charge in [-0.25, -0.2) is 0 Å². The van der Waals surface area contributed by atoms with Crippen LogP contribution in [0.4, 0.5) is 0 Å². The Labute approximate surface area is 119 Å². The van der Waals surface area contributed by atoms with E-state index < -0.39 is 0 Å². The molecule has 20 heavy (non-hydrogen) atoms. The summed E-state index contributed by atoms with van der Waals surface area (Å²) in [7, 11) is 0. The van der Waals surface area contributed by atoms with Crippen molar-refractivity contribution < 1.29 is 0 Å². The predicted molar refractivity (Wildman–Crippen MR) is 81.7 cm³/mol. The second kappa shape index (κ2) is 5.59. The van der Waals surface area contributed by atoms with Crippen LogP contribution in [0.25, 0.3) is 10.9 Å². The van der Waals surface area contributed by atoms with Gasteiger partial charge in [0.05, 0.1) is 11.4 Å². The molecule has 1 aromatic carbocycles. The van der Waals surface area contributed by atoms with E-state index >= 15 is 0 Å². The molecule has 1 aliphatic rings. The zero-order valence-electron chi connectivity index (χ0n) is 11.5. The van der Waals surface area contributed by atoms with Crippen molar-refractivity contribution in [1.29, 1.82) is 5.41 Å². The van der Waals surface area contributed by atoms with Crippen LogP contribution in [0.3, 0.4) is 0 Å². The second-order valence-electron chi connectivity index (χ2n) is 5.46. The monoisotopic (exact) mass is 268 g/mol. The molecule has 104 valence electrons. The Kier molecular flexibility index (Phi) is 3.65. The van der Waals surface area contributed by atoms with E-state index in [1.807, 2.05) is 12.3 Å². The number of benzene rings is 1. The number of amidine groups is 1. The molecule has 1 aliphatic carbocycles. The van der Waals surface area contributed by atoms with Crippen LogP contribution in [0, 0.1) is 5.41 Å². The van der Waals surface area contributed by atoms with Gasteiger partial charge < -0.3 is 5.73 Å². The van der Waals surface area contributed by atoms with E-state index in [4.69, 9.17) is 11.1 Å². The van der Waals surface area contributed by atoms with Gasteiger partial charge in [0.2, 0.25) is 0 Å².